The molecule has 1 nitrogen and oxygen atoms in total. The van der Waals surface area contributed by atoms with E-state index in [0.29, 0.717) is 0 Å². The predicted molar refractivity (Wildman–Crippen MR) is 72.4 cm³/mol. The lowest BCUT2D eigenvalue weighted by atomic mass is 10.4. The normalized spacial score (nSPS) is 11.7. The molecule has 0 spiro atoms. The van der Waals surface area contributed by atoms with E-state index < -0.39 is 0 Å². The fraction of sp³-hybridized carbons (Fsp3) is 0. The van der Waals surface area contributed by atoms with Gasteiger partial charge in [0.05, 0.1) is 0 Å². The van der Waals surface area contributed by atoms with Crippen LogP contribution in [0.5, 0.6) is 0 Å². The second kappa shape index (κ2) is 5.65. The number of hydrogen-bond donors (Lipinski definition) is 1. The van der Waals surface area contributed by atoms with Crippen molar-refractivity contribution in [3.63, 3.8) is 0 Å². The van der Waals surface area contributed by atoms with Crippen LogP contribution in [0.15, 0.2) is 60.7 Å². The van der Waals surface area contributed by atoms with Crippen LogP contribution in [0.4, 0.5) is 0 Å². The van der Waals surface area contributed by atoms with Gasteiger partial charge in [0.1, 0.15) is 19.4 Å². The van der Waals surface area contributed by atoms with Crippen molar-refractivity contribution in [3.8, 4) is 0 Å². The average Bonchev–Trinajstić information content (AvgIpc) is 2.32. The third-order valence-electron chi connectivity index (χ3n) is 2.34. The lowest BCUT2D eigenvalue weighted by Gasteiger charge is -2.03. The highest BCUT2D eigenvalue weighted by molar-refractivity contribution is 6.66. The average molecular weight is 229 g/mol. The Balaban J connectivity index is 1.81. The van der Waals surface area contributed by atoms with Gasteiger partial charge in [-0.2, -0.15) is 0 Å². The molecule has 2 aromatic rings. The fourth-order valence-electron chi connectivity index (χ4n) is 1.54. The summed E-state index contributed by atoms with van der Waals surface area (Å²) in [5.74, 6) is 0. The van der Waals surface area contributed by atoms with E-state index in [-0.39, 0.29) is 19.4 Å². The van der Waals surface area contributed by atoms with Crippen molar-refractivity contribution >= 4 is 29.7 Å². The van der Waals surface area contributed by atoms with Crippen LogP contribution in [0.2, 0.25) is 0 Å². The van der Waals surface area contributed by atoms with E-state index in [1.54, 1.807) is 0 Å². The van der Waals surface area contributed by atoms with Crippen molar-refractivity contribution < 1.29 is 0 Å². The first kappa shape index (κ1) is 10.4. The third-order valence-corrected chi connectivity index (χ3v) is 6.10. The van der Waals surface area contributed by atoms with Gasteiger partial charge in [-0.05, 0) is 0 Å². The van der Waals surface area contributed by atoms with E-state index in [9.17, 15) is 0 Å². The molecule has 0 bridgehead atoms. The Hall–Kier alpha value is -1.17. The van der Waals surface area contributed by atoms with Crippen LogP contribution in [0.3, 0.4) is 0 Å². The fourth-order valence-corrected chi connectivity index (χ4v) is 5.37. The number of hydrogen-bond acceptors (Lipinski definition) is 1. The van der Waals surface area contributed by atoms with Crippen LogP contribution in [0.25, 0.3) is 0 Å². The quantitative estimate of drug-likeness (QED) is 0.690. The molecule has 0 aliphatic carbocycles. The maximum Gasteiger partial charge on any atom is 0.118 e. The molecule has 0 aromatic heterocycles. The summed E-state index contributed by atoms with van der Waals surface area (Å²) in [4.78, 5) is 0. The minimum Gasteiger partial charge on any atom is -0.362 e. The molecular formula is C12H15NSi2. The zero-order chi connectivity index (χ0) is 10.3. The zero-order valence-electron chi connectivity index (χ0n) is 8.69. The van der Waals surface area contributed by atoms with E-state index >= 15 is 0 Å². The SMILES string of the molecule is c1ccc([SiH2]N[SiH2]c2ccccc2)cc1. The summed E-state index contributed by atoms with van der Waals surface area (Å²) in [6.45, 7) is 0. The van der Waals surface area contributed by atoms with Gasteiger partial charge < -0.3 is 4.65 Å². The van der Waals surface area contributed by atoms with Crippen molar-refractivity contribution in [1.82, 2.24) is 4.65 Å². The second-order valence-corrected chi connectivity index (χ2v) is 7.91. The molecule has 76 valence electrons. The number of rotatable bonds is 4. The number of benzene rings is 2. The highest BCUT2D eigenvalue weighted by Crippen LogP contribution is 1.81. The minimum atomic E-state index is -0.244. The van der Waals surface area contributed by atoms with Gasteiger partial charge >= 0.3 is 0 Å². The topological polar surface area (TPSA) is 12.0 Å². The lowest BCUT2D eigenvalue weighted by Crippen LogP contribution is -2.38. The molecule has 0 unspecified atom stereocenters. The van der Waals surface area contributed by atoms with Gasteiger partial charge in [-0.1, -0.05) is 71.0 Å². The molecule has 0 amide bonds. The molecule has 0 aliphatic rings. The first-order valence-electron chi connectivity index (χ1n) is 5.24. The summed E-state index contributed by atoms with van der Waals surface area (Å²) in [7, 11) is -0.487. The molecule has 0 heterocycles. The van der Waals surface area contributed by atoms with Gasteiger partial charge in [0.2, 0.25) is 0 Å². The molecule has 2 aromatic carbocycles. The predicted octanol–water partition coefficient (Wildman–Crippen LogP) is -0.605. The molecule has 0 atom stereocenters. The van der Waals surface area contributed by atoms with E-state index in [1.807, 2.05) is 0 Å². The Morgan fingerprint density at radius 2 is 1.00 bits per heavy atom. The minimum absolute atomic E-state index is 0.244. The smallest absolute Gasteiger partial charge is 0.118 e. The maximum atomic E-state index is 3.70. The Kier molecular flexibility index (Phi) is 3.90. The van der Waals surface area contributed by atoms with Crippen LogP contribution >= 0.6 is 0 Å². The van der Waals surface area contributed by atoms with Crippen molar-refractivity contribution in [2.45, 2.75) is 0 Å². The molecule has 1 N–H and O–H groups in total. The van der Waals surface area contributed by atoms with Crippen LogP contribution < -0.4 is 15.0 Å². The van der Waals surface area contributed by atoms with Gasteiger partial charge in [-0.15, -0.1) is 0 Å². The maximum absolute atomic E-state index is 3.70. The van der Waals surface area contributed by atoms with E-state index in [4.69, 9.17) is 0 Å². The molecule has 0 radical (unpaired) electrons. The van der Waals surface area contributed by atoms with Crippen molar-refractivity contribution in [1.29, 1.82) is 0 Å². The Morgan fingerprint density at radius 1 is 0.600 bits per heavy atom. The van der Waals surface area contributed by atoms with Gasteiger partial charge in [0, 0.05) is 0 Å². The first-order chi connectivity index (χ1) is 7.45. The van der Waals surface area contributed by atoms with E-state index in [2.05, 4.69) is 65.3 Å². The molecule has 0 aliphatic heterocycles. The summed E-state index contributed by atoms with van der Waals surface area (Å²) in [5.41, 5.74) is 0. The Morgan fingerprint density at radius 3 is 1.40 bits per heavy atom. The summed E-state index contributed by atoms with van der Waals surface area (Å²) in [5, 5.41) is 3.00. The monoisotopic (exact) mass is 229 g/mol. The molecule has 0 fully saturated rings. The second-order valence-electron chi connectivity index (χ2n) is 3.57. The van der Waals surface area contributed by atoms with Gasteiger partial charge in [0.25, 0.3) is 0 Å². The standard InChI is InChI=1S/C12H15NSi2/c1-3-7-11(8-4-1)14-13-15-12-9-5-2-6-10-12/h1-10,13H,14-15H2. The van der Waals surface area contributed by atoms with Crippen molar-refractivity contribution in [2.75, 3.05) is 0 Å². The molecule has 3 heteroatoms. The molecule has 0 saturated carbocycles. The van der Waals surface area contributed by atoms with Gasteiger partial charge in [-0.3, -0.25) is 0 Å². The van der Waals surface area contributed by atoms with Gasteiger partial charge in [-0.25, -0.2) is 0 Å². The molecular weight excluding hydrogens is 214 g/mol. The Labute approximate surface area is 95.3 Å². The zero-order valence-corrected chi connectivity index (χ0v) is 11.5. The largest absolute Gasteiger partial charge is 0.362 e. The van der Waals surface area contributed by atoms with Crippen LogP contribution in [0, 0.1) is 0 Å². The molecule has 15 heavy (non-hydrogen) atoms. The number of nitrogens with one attached hydrogen (secondary N) is 1. The summed E-state index contributed by atoms with van der Waals surface area (Å²) >= 11 is 0. The van der Waals surface area contributed by atoms with Crippen LogP contribution in [0.1, 0.15) is 0 Å². The summed E-state index contributed by atoms with van der Waals surface area (Å²) < 4.78 is 3.70. The van der Waals surface area contributed by atoms with E-state index in [0.717, 1.165) is 0 Å². The molecule has 2 rings (SSSR count). The first-order valence-corrected chi connectivity index (χ1v) is 8.06. The van der Waals surface area contributed by atoms with Crippen molar-refractivity contribution in [3.05, 3.63) is 60.7 Å². The third kappa shape index (κ3) is 3.47. The van der Waals surface area contributed by atoms with Gasteiger partial charge in [0.15, 0.2) is 0 Å². The van der Waals surface area contributed by atoms with Crippen LogP contribution in [-0.4, -0.2) is 19.4 Å². The van der Waals surface area contributed by atoms with Crippen molar-refractivity contribution in [2.24, 2.45) is 0 Å². The summed E-state index contributed by atoms with van der Waals surface area (Å²) in [6.07, 6.45) is 0. The molecule has 0 saturated heterocycles. The Bertz CT molecular complexity index is 349. The lowest BCUT2D eigenvalue weighted by molar-refractivity contribution is 1.58. The highest BCUT2D eigenvalue weighted by atomic mass is 28.3. The van der Waals surface area contributed by atoms with E-state index in [1.165, 1.54) is 10.4 Å². The highest BCUT2D eigenvalue weighted by Gasteiger charge is 1.93. The summed E-state index contributed by atoms with van der Waals surface area (Å²) in [6, 6.07) is 21.5. The van der Waals surface area contributed by atoms with Crippen LogP contribution in [-0.2, 0) is 0 Å².